The quantitative estimate of drug-likeness (QED) is 0.773. The number of methoxy groups -OCH3 is 1. The lowest BCUT2D eigenvalue weighted by Gasteiger charge is -2.31. The van der Waals surface area contributed by atoms with E-state index < -0.39 is 5.97 Å². The fourth-order valence-electron chi connectivity index (χ4n) is 2.96. The highest BCUT2D eigenvalue weighted by atomic mass is 16.5. The summed E-state index contributed by atoms with van der Waals surface area (Å²) in [5, 5.41) is 12.0. The highest BCUT2D eigenvalue weighted by Gasteiger charge is 2.28. The first-order valence-corrected chi connectivity index (χ1v) is 7.55. The summed E-state index contributed by atoms with van der Waals surface area (Å²) >= 11 is 0. The normalized spacial score (nSPS) is 26.1. The highest BCUT2D eigenvalue weighted by Crippen LogP contribution is 2.24. The van der Waals surface area contributed by atoms with Gasteiger partial charge in [-0.25, -0.2) is 4.79 Å². The number of amides is 2. The molecule has 0 unspecified atom stereocenters. The van der Waals surface area contributed by atoms with Crippen molar-refractivity contribution in [2.45, 2.75) is 38.1 Å². The maximum absolute atomic E-state index is 12.2. The van der Waals surface area contributed by atoms with Gasteiger partial charge in [0.05, 0.1) is 12.5 Å². The van der Waals surface area contributed by atoms with Gasteiger partial charge in [0, 0.05) is 26.2 Å². The minimum atomic E-state index is -0.716. The molecule has 1 aliphatic carbocycles. The number of ether oxygens (including phenoxy) is 1. The van der Waals surface area contributed by atoms with Crippen molar-refractivity contribution in [2.24, 2.45) is 5.92 Å². The first kappa shape index (κ1) is 15.8. The van der Waals surface area contributed by atoms with Crippen LogP contribution in [0.2, 0.25) is 0 Å². The molecule has 2 rings (SSSR count). The Kier molecular flexibility index (Phi) is 5.61. The van der Waals surface area contributed by atoms with E-state index in [1.54, 1.807) is 12.0 Å². The molecule has 1 fully saturated rings. The average molecular weight is 296 g/mol. The third kappa shape index (κ3) is 4.46. The van der Waals surface area contributed by atoms with E-state index in [2.05, 4.69) is 5.32 Å². The van der Waals surface area contributed by atoms with Crippen molar-refractivity contribution in [2.75, 3.05) is 26.8 Å². The number of urea groups is 1. The molecule has 1 saturated carbocycles. The van der Waals surface area contributed by atoms with Gasteiger partial charge in [0.15, 0.2) is 0 Å². The van der Waals surface area contributed by atoms with Gasteiger partial charge in [0.2, 0.25) is 0 Å². The molecule has 0 aromatic rings. The Morgan fingerprint density at radius 3 is 2.62 bits per heavy atom. The molecule has 2 amide bonds. The lowest BCUT2D eigenvalue weighted by Crippen LogP contribution is -2.47. The molecule has 1 heterocycles. The molecule has 0 spiro atoms. The summed E-state index contributed by atoms with van der Waals surface area (Å²) in [6, 6.07) is 0.0685. The van der Waals surface area contributed by atoms with Crippen LogP contribution in [0.4, 0.5) is 4.79 Å². The standard InChI is InChI=1S/C15H24N2O4/c1-21-10-11-6-8-17(9-7-11)15(20)16-13-4-2-12(3-5-13)14(18)19/h6,12-13H,2-5,7-10H2,1H3,(H,16,20)(H,18,19). The number of rotatable bonds is 4. The zero-order valence-corrected chi connectivity index (χ0v) is 12.5. The summed E-state index contributed by atoms with van der Waals surface area (Å²) in [4.78, 5) is 24.9. The summed E-state index contributed by atoms with van der Waals surface area (Å²) in [6.45, 7) is 1.97. The van der Waals surface area contributed by atoms with Crippen molar-refractivity contribution >= 4 is 12.0 Å². The summed E-state index contributed by atoms with van der Waals surface area (Å²) < 4.78 is 5.09. The Hall–Kier alpha value is -1.56. The molecule has 0 bridgehead atoms. The fourth-order valence-corrected chi connectivity index (χ4v) is 2.96. The number of carbonyl (C=O) groups excluding carboxylic acids is 1. The van der Waals surface area contributed by atoms with Crippen LogP contribution >= 0.6 is 0 Å². The van der Waals surface area contributed by atoms with Crippen LogP contribution in [0.15, 0.2) is 11.6 Å². The topological polar surface area (TPSA) is 78.9 Å². The third-order valence-corrected chi connectivity index (χ3v) is 4.32. The van der Waals surface area contributed by atoms with E-state index in [1.807, 2.05) is 6.08 Å². The van der Waals surface area contributed by atoms with Crippen molar-refractivity contribution in [1.29, 1.82) is 0 Å². The fraction of sp³-hybridized carbons (Fsp3) is 0.733. The molecule has 2 aliphatic rings. The second-order valence-electron chi connectivity index (χ2n) is 5.83. The Morgan fingerprint density at radius 1 is 1.38 bits per heavy atom. The summed E-state index contributed by atoms with van der Waals surface area (Å²) in [6.07, 6.45) is 5.71. The number of hydrogen-bond donors (Lipinski definition) is 2. The number of hydrogen-bond acceptors (Lipinski definition) is 3. The number of carboxylic acids is 1. The van der Waals surface area contributed by atoms with Crippen LogP contribution in [-0.4, -0.2) is 54.9 Å². The Morgan fingerprint density at radius 2 is 2.10 bits per heavy atom. The zero-order valence-electron chi connectivity index (χ0n) is 12.5. The molecule has 0 saturated heterocycles. The van der Waals surface area contributed by atoms with Gasteiger partial charge in [0.1, 0.15) is 0 Å². The maximum atomic E-state index is 12.2. The van der Waals surface area contributed by atoms with E-state index in [1.165, 1.54) is 5.57 Å². The van der Waals surface area contributed by atoms with E-state index >= 15 is 0 Å². The van der Waals surface area contributed by atoms with Crippen molar-refractivity contribution in [3.8, 4) is 0 Å². The monoisotopic (exact) mass is 296 g/mol. The van der Waals surface area contributed by atoms with Gasteiger partial charge in [-0.05, 0) is 37.7 Å². The van der Waals surface area contributed by atoms with E-state index in [9.17, 15) is 9.59 Å². The van der Waals surface area contributed by atoms with Crippen LogP contribution in [0.3, 0.4) is 0 Å². The van der Waals surface area contributed by atoms with Crippen molar-refractivity contribution in [3.05, 3.63) is 11.6 Å². The van der Waals surface area contributed by atoms with E-state index in [0.717, 1.165) is 19.3 Å². The largest absolute Gasteiger partial charge is 0.481 e. The van der Waals surface area contributed by atoms with Crippen LogP contribution in [-0.2, 0) is 9.53 Å². The smallest absolute Gasteiger partial charge is 0.317 e. The summed E-state index contributed by atoms with van der Waals surface area (Å²) in [5.74, 6) is -0.959. The lowest BCUT2D eigenvalue weighted by atomic mass is 9.86. The predicted molar refractivity (Wildman–Crippen MR) is 78.1 cm³/mol. The van der Waals surface area contributed by atoms with Gasteiger partial charge < -0.3 is 20.1 Å². The first-order chi connectivity index (χ1) is 10.1. The molecule has 2 N–H and O–H groups in total. The Labute approximate surface area is 125 Å². The molecule has 0 aromatic carbocycles. The van der Waals surface area contributed by atoms with Gasteiger partial charge in [-0.2, -0.15) is 0 Å². The number of nitrogens with one attached hydrogen (secondary N) is 1. The predicted octanol–water partition coefficient (Wildman–Crippen LogP) is 1.62. The molecule has 0 radical (unpaired) electrons. The van der Waals surface area contributed by atoms with Crippen LogP contribution in [0.5, 0.6) is 0 Å². The van der Waals surface area contributed by atoms with E-state index in [0.29, 0.717) is 32.5 Å². The first-order valence-electron chi connectivity index (χ1n) is 7.55. The zero-order chi connectivity index (χ0) is 15.2. The molecule has 0 aromatic heterocycles. The third-order valence-electron chi connectivity index (χ3n) is 4.32. The number of carboxylic acid groups (broad SMARTS) is 1. The van der Waals surface area contributed by atoms with E-state index in [4.69, 9.17) is 9.84 Å². The van der Waals surface area contributed by atoms with Gasteiger partial charge in [-0.15, -0.1) is 0 Å². The molecule has 6 heteroatoms. The maximum Gasteiger partial charge on any atom is 0.317 e. The van der Waals surface area contributed by atoms with Crippen LogP contribution in [0.1, 0.15) is 32.1 Å². The second-order valence-corrected chi connectivity index (χ2v) is 5.83. The van der Waals surface area contributed by atoms with Crippen LogP contribution in [0.25, 0.3) is 0 Å². The molecule has 1 aliphatic heterocycles. The molecule has 118 valence electrons. The molecule has 6 nitrogen and oxygen atoms in total. The summed E-state index contributed by atoms with van der Waals surface area (Å²) in [7, 11) is 1.67. The van der Waals surface area contributed by atoms with Gasteiger partial charge in [-0.1, -0.05) is 6.08 Å². The van der Waals surface area contributed by atoms with Crippen LogP contribution in [0, 0.1) is 5.92 Å². The molecule has 0 atom stereocenters. The highest BCUT2D eigenvalue weighted by molar-refractivity contribution is 5.75. The molecular weight excluding hydrogens is 272 g/mol. The number of aliphatic carboxylic acids is 1. The van der Waals surface area contributed by atoms with Gasteiger partial charge in [-0.3, -0.25) is 4.79 Å². The number of carbonyl (C=O) groups is 2. The second kappa shape index (κ2) is 7.45. The van der Waals surface area contributed by atoms with Crippen molar-refractivity contribution in [1.82, 2.24) is 10.2 Å². The molecule has 21 heavy (non-hydrogen) atoms. The van der Waals surface area contributed by atoms with E-state index in [-0.39, 0.29) is 18.0 Å². The minimum Gasteiger partial charge on any atom is -0.481 e. The van der Waals surface area contributed by atoms with Gasteiger partial charge in [0.25, 0.3) is 0 Å². The average Bonchev–Trinajstić information content (AvgIpc) is 2.49. The van der Waals surface area contributed by atoms with Crippen LogP contribution < -0.4 is 5.32 Å². The van der Waals surface area contributed by atoms with Gasteiger partial charge >= 0.3 is 12.0 Å². The molecular formula is C15H24N2O4. The lowest BCUT2D eigenvalue weighted by molar-refractivity contribution is -0.142. The SMILES string of the molecule is COCC1=CCN(C(=O)NC2CCC(C(=O)O)CC2)CC1. The van der Waals surface area contributed by atoms with Crippen molar-refractivity contribution < 1.29 is 19.4 Å². The minimum absolute atomic E-state index is 0.0403. The van der Waals surface area contributed by atoms with Crippen molar-refractivity contribution in [3.63, 3.8) is 0 Å². The Balaban J connectivity index is 1.74. The number of nitrogens with zero attached hydrogens (tertiary/aromatic N) is 1. The Bertz CT molecular complexity index is 414. The summed E-state index contributed by atoms with van der Waals surface area (Å²) in [5.41, 5.74) is 1.24.